The molecule has 2 amide bonds. The SMILES string of the molecule is CC[C@H](C)NC(=O)CN1CCN(C(=O)CCn2cnc3sc4c(c3c2=O)CCCC4)CC1. The first-order valence-electron chi connectivity index (χ1n) is 11.8. The third-order valence-electron chi connectivity index (χ3n) is 6.62. The Kier molecular flexibility index (Phi) is 7.25. The summed E-state index contributed by atoms with van der Waals surface area (Å²) in [7, 11) is 0. The third kappa shape index (κ3) is 5.04. The number of aryl methyl sites for hydroxylation is 3. The number of thiophene rings is 1. The highest BCUT2D eigenvalue weighted by Crippen LogP contribution is 2.33. The summed E-state index contributed by atoms with van der Waals surface area (Å²) in [4.78, 5) is 48.4. The maximum absolute atomic E-state index is 13.1. The zero-order valence-corrected chi connectivity index (χ0v) is 19.9. The molecule has 3 heterocycles. The van der Waals surface area contributed by atoms with E-state index >= 15 is 0 Å². The van der Waals surface area contributed by atoms with Crippen molar-refractivity contribution in [3.8, 4) is 0 Å². The summed E-state index contributed by atoms with van der Waals surface area (Å²) < 4.78 is 1.59. The average molecular weight is 460 g/mol. The van der Waals surface area contributed by atoms with Crippen molar-refractivity contribution in [3.63, 3.8) is 0 Å². The van der Waals surface area contributed by atoms with E-state index in [9.17, 15) is 14.4 Å². The zero-order valence-electron chi connectivity index (χ0n) is 19.1. The third-order valence-corrected chi connectivity index (χ3v) is 7.82. The minimum atomic E-state index is -0.0145. The van der Waals surface area contributed by atoms with Crippen molar-refractivity contribution in [2.45, 2.75) is 65.0 Å². The van der Waals surface area contributed by atoms with Gasteiger partial charge in [0.25, 0.3) is 5.56 Å². The van der Waals surface area contributed by atoms with Gasteiger partial charge in [0.15, 0.2) is 0 Å². The van der Waals surface area contributed by atoms with Gasteiger partial charge in [0.2, 0.25) is 11.8 Å². The lowest BCUT2D eigenvalue weighted by atomic mass is 9.97. The highest BCUT2D eigenvalue weighted by molar-refractivity contribution is 7.18. The van der Waals surface area contributed by atoms with E-state index < -0.39 is 0 Å². The van der Waals surface area contributed by atoms with Crippen LogP contribution in [0.5, 0.6) is 0 Å². The molecule has 1 aliphatic carbocycles. The Labute approximate surface area is 192 Å². The first kappa shape index (κ1) is 22.9. The second-order valence-corrected chi connectivity index (χ2v) is 10.0. The van der Waals surface area contributed by atoms with Gasteiger partial charge in [-0.3, -0.25) is 23.9 Å². The van der Waals surface area contributed by atoms with Gasteiger partial charge in [0, 0.05) is 50.1 Å². The van der Waals surface area contributed by atoms with Crippen molar-refractivity contribution >= 4 is 33.4 Å². The normalized spacial score (nSPS) is 17.9. The molecule has 4 rings (SSSR count). The van der Waals surface area contributed by atoms with Crippen LogP contribution in [0.15, 0.2) is 11.1 Å². The molecule has 2 aromatic rings. The van der Waals surface area contributed by atoms with Crippen molar-refractivity contribution in [2.75, 3.05) is 32.7 Å². The fourth-order valence-electron chi connectivity index (χ4n) is 4.50. The summed E-state index contributed by atoms with van der Waals surface area (Å²) in [6, 6.07) is 0.182. The number of carbonyl (C=O) groups is 2. The van der Waals surface area contributed by atoms with E-state index in [2.05, 4.69) is 15.2 Å². The van der Waals surface area contributed by atoms with Crippen LogP contribution in [-0.2, 0) is 29.0 Å². The fraction of sp³-hybridized carbons (Fsp3) is 0.652. The Morgan fingerprint density at radius 2 is 1.94 bits per heavy atom. The lowest BCUT2D eigenvalue weighted by molar-refractivity contribution is -0.133. The van der Waals surface area contributed by atoms with Crippen molar-refractivity contribution < 1.29 is 9.59 Å². The van der Waals surface area contributed by atoms with Gasteiger partial charge < -0.3 is 10.2 Å². The number of fused-ring (bicyclic) bond motifs is 3. The van der Waals surface area contributed by atoms with Gasteiger partial charge in [-0.05, 0) is 44.6 Å². The van der Waals surface area contributed by atoms with Crippen LogP contribution in [0.2, 0.25) is 0 Å². The number of carbonyl (C=O) groups excluding carboxylic acids is 2. The first-order valence-corrected chi connectivity index (χ1v) is 12.6. The molecule has 32 heavy (non-hydrogen) atoms. The van der Waals surface area contributed by atoms with E-state index in [1.807, 2.05) is 18.7 Å². The molecule has 2 aromatic heterocycles. The number of aromatic nitrogens is 2. The van der Waals surface area contributed by atoms with Crippen molar-refractivity contribution in [1.29, 1.82) is 0 Å². The second kappa shape index (κ2) is 10.1. The number of nitrogens with one attached hydrogen (secondary N) is 1. The van der Waals surface area contributed by atoms with E-state index in [0.29, 0.717) is 39.3 Å². The smallest absolute Gasteiger partial charge is 0.262 e. The van der Waals surface area contributed by atoms with E-state index in [4.69, 9.17) is 0 Å². The van der Waals surface area contributed by atoms with Gasteiger partial charge in [-0.15, -0.1) is 11.3 Å². The van der Waals surface area contributed by atoms with Gasteiger partial charge in [-0.1, -0.05) is 6.92 Å². The molecule has 1 saturated heterocycles. The number of rotatable bonds is 7. The highest BCUT2D eigenvalue weighted by atomic mass is 32.1. The van der Waals surface area contributed by atoms with Crippen LogP contribution in [0.25, 0.3) is 10.2 Å². The quantitative estimate of drug-likeness (QED) is 0.682. The number of piperazine rings is 1. The largest absolute Gasteiger partial charge is 0.353 e. The Balaban J connectivity index is 1.30. The molecule has 0 bridgehead atoms. The maximum Gasteiger partial charge on any atom is 0.262 e. The zero-order chi connectivity index (χ0) is 22.7. The minimum Gasteiger partial charge on any atom is -0.353 e. The van der Waals surface area contributed by atoms with E-state index in [-0.39, 0.29) is 29.8 Å². The van der Waals surface area contributed by atoms with Crippen molar-refractivity contribution in [3.05, 3.63) is 27.1 Å². The van der Waals surface area contributed by atoms with E-state index in [1.54, 1.807) is 22.2 Å². The topological polar surface area (TPSA) is 87.5 Å². The molecule has 0 spiro atoms. The van der Waals surface area contributed by atoms with Gasteiger partial charge in [0.1, 0.15) is 4.83 Å². The summed E-state index contributed by atoms with van der Waals surface area (Å²) in [6.07, 6.45) is 7.08. The molecule has 1 N–H and O–H groups in total. The highest BCUT2D eigenvalue weighted by Gasteiger charge is 2.23. The summed E-state index contributed by atoms with van der Waals surface area (Å²) in [5, 5.41) is 3.75. The second-order valence-electron chi connectivity index (χ2n) is 8.92. The van der Waals surface area contributed by atoms with Crippen LogP contribution < -0.4 is 10.9 Å². The number of hydrogen-bond donors (Lipinski definition) is 1. The maximum atomic E-state index is 13.1. The number of nitrogens with zero attached hydrogens (tertiary/aromatic N) is 4. The summed E-state index contributed by atoms with van der Waals surface area (Å²) >= 11 is 1.65. The predicted molar refractivity (Wildman–Crippen MR) is 126 cm³/mol. The van der Waals surface area contributed by atoms with Gasteiger partial charge >= 0.3 is 0 Å². The van der Waals surface area contributed by atoms with E-state index in [1.165, 1.54) is 16.9 Å². The van der Waals surface area contributed by atoms with Gasteiger partial charge in [-0.2, -0.15) is 0 Å². The number of hydrogen-bond acceptors (Lipinski definition) is 6. The van der Waals surface area contributed by atoms with Crippen LogP contribution in [0, 0.1) is 0 Å². The molecule has 9 heteroatoms. The fourth-order valence-corrected chi connectivity index (χ4v) is 5.72. The van der Waals surface area contributed by atoms with Crippen molar-refractivity contribution in [1.82, 2.24) is 24.7 Å². The minimum absolute atomic E-state index is 0.0145. The average Bonchev–Trinajstić information content (AvgIpc) is 3.18. The predicted octanol–water partition coefficient (Wildman–Crippen LogP) is 1.79. The molecule has 1 atom stereocenters. The molecule has 2 aliphatic rings. The molecule has 1 fully saturated rings. The molecule has 1 aliphatic heterocycles. The number of amides is 2. The van der Waals surface area contributed by atoms with Gasteiger partial charge in [0.05, 0.1) is 18.3 Å². The summed E-state index contributed by atoms with van der Waals surface area (Å²) in [5.41, 5.74) is 1.17. The summed E-state index contributed by atoms with van der Waals surface area (Å²) in [6.45, 7) is 7.37. The monoisotopic (exact) mass is 459 g/mol. The van der Waals surface area contributed by atoms with Crippen LogP contribution in [-0.4, -0.2) is 69.9 Å². The molecule has 0 aromatic carbocycles. The summed E-state index contributed by atoms with van der Waals surface area (Å²) in [5.74, 6) is 0.0880. The Morgan fingerprint density at radius 1 is 1.19 bits per heavy atom. The molecule has 174 valence electrons. The molecular formula is C23H33N5O3S. The van der Waals surface area contributed by atoms with Crippen LogP contribution in [0.1, 0.15) is 50.0 Å². The van der Waals surface area contributed by atoms with Crippen LogP contribution in [0.4, 0.5) is 0 Å². The Hall–Kier alpha value is -2.26. The molecule has 0 unspecified atom stereocenters. The van der Waals surface area contributed by atoms with Crippen molar-refractivity contribution in [2.24, 2.45) is 0 Å². The van der Waals surface area contributed by atoms with Crippen LogP contribution >= 0.6 is 11.3 Å². The lowest BCUT2D eigenvalue weighted by Gasteiger charge is -2.34. The Morgan fingerprint density at radius 3 is 2.69 bits per heavy atom. The van der Waals surface area contributed by atoms with Crippen LogP contribution in [0.3, 0.4) is 0 Å². The molecule has 8 nitrogen and oxygen atoms in total. The molecule has 0 radical (unpaired) electrons. The lowest BCUT2D eigenvalue weighted by Crippen LogP contribution is -2.51. The Bertz CT molecular complexity index is 1040. The molecule has 0 saturated carbocycles. The van der Waals surface area contributed by atoms with Gasteiger partial charge in [-0.25, -0.2) is 4.98 Å². The van der Waals surface area contributed by atoms with E-state index in [0.717, 1.165) is 35.9 Å². The standard InChI is InChI=1S/C23H33N5O3S/c1-3-16(2)25-19(29)14-26-10-12-27(13-11-26)20(30)8-9-28-15-24-22-21(23(28)31)17-6-4-5-7-18(17)32-22/h15-16H,3-14H2,1-2H3,(H,25,29)/t16-/m0/s1. The first-order chi connectivity index (χ1) is 15.5. The molecular weight excluding hydrogens is 426 g/mol.